The van der Waals surface area contributed by atoms with Crippen LogP contribution in [0.15, 0.2) is 24.3 Å². The summed E-state index contributed by atoms with van der Waals surface area (Å²) in [6, 6.07) is 7.23. The van der Waals surface area contributed by atoms with Crippen molar-refractivity contribution in [3.8, 4) is 5.75 Å². The van der Waals surface area contributed by atoms with Crippen molar-refractivity contribution >= 4 is 32.0 Å². The molecule has 1 rings (SSSR count). The maximum atomic E-state index is 8.00. The maximum absolute atomic E-state index is 8.00. The van der Waals surface area contributed by atoms with E-state index in [2.05, 4.69) is 0 Å². The van der Waals surface area contributed by atoms with Gasteiger partial charge in [0, 0.05) is 22.4 Å². The number of hydrogen-bond acceptors (Lipinski definition) is 4. The van der Waals surface area contributed by atoms with E-state index in [4.69, 9.17) is 30.7 Å². The van der Waals surface area contributed by atoms with Crippen molar-refractivity contribution in [2.24, 2.45) is 0 Å². The number of hydrogen-bond donors (Lipinski definition) is 0. The molecule has 0 heterocycles. The SMILES string of the molecule is C=O.C=O.C=O.COc1ccc(Cl)cc1.[Cr]. The molecule has 1 aromatic carbocycles. The molecule has 0 unspecified atom stereocenters. The summed E-state index contributed by atoms with van der Waals surface area (Å²) in [5.74, 6) is 0.833. The molecule has 0 amide bonds. The molecule has 0 spiro atoms. The van der Waals surface area contributed by atoms with Gasteiger partial charge in [0.25, 0.3) is 0 Å². The first-order chi connectivity index (χ1) is 7.33. The van der Waals surface area contributed by atoms with Gasteiger partial charge in [-0.1, -0.05) is 11.6 Å². The van der Waals surface area contributed by atoms with E-state index in [1.54, 1.807) is 19.2 Å². The number of halogens is 1. The van der Waals surface area contributed by atoms with Gasteiger partial charge in [-0.25, -0.2) is 0 Å². The molecule has 4 nitrogen and oxygen atoms in total. The van der Waals surface area contributed by atoms with Gasteiger partial charge in [0.15, 0.2) is 0 Å². The van der Waals surface area contributed by atoms with Crippen LogP contribution in [-0.4, -0.2) is 27.5 Å². The Labute approximate surface area is 111 Å². The average Bonchev–Trinajstić information content (AvgIpc) is 2.38. The Hall–Kier alpha value is -1.15. The van der Waals surface area contributed by atoms with Gasteiger partial charge in [-0.3, -0.25) is 0 Å². The minimum Gasteiger partial charge on any atom is -0.497 e. The molecule has 0 atom stereocenters. The number of rotatable bonds is 1. The quantitative estimate of drug-likeness (QED) is 0.789. The number of carbonyl (C=O) groups excluding carboxylic acids is 3. The summed E-state index contributed by atoms with van der Waals surface area (Å²) in [7, 11) is 1.63. The minimum atomic E-state index is 0. The topological polar surface area (TPSA) is 60.4 Å². The van der Waals surface area contributed by atoms with E-state index in [-0.39, 0.29) is 17.4 Å². The summed E-state index contributed by atoms with van der Waals surface area (Å²) in [4.78, 5) is 24.0. The first-order valence-electron chi connectivity index (χ1n) is 3.49. The number of carbonyl (C=O) groups is 3. The third-order valence-electron chi connectivity index (χ3n) is 1.05. The van der Waals surface area contributed by atoms with Crippen LogP contribution in [0.25, 0.3) is 0 Å². The fraction of sp³-hybridized carbons (Fsp3) is 0.100. The Morgan fingerprint density at radius 2 is 1.25 bits per heavy atom. The standard InChI is InChI=1S/C7H7ClO.3CH2O.Cr/c1-9-7-4-2-6(8)3-5-7;3*1-2;/h2-5H,1H3;3*1H2;. The zero-order valence-electron chi connectivity index (χ0n) is 8.85. The number of benzene rings is 1. The molecular formula is C10H13ClCrO4. The van der Waals surface area contributed by atoms with E-state index in [1.165, 1.54) is 0 Å². The van der Waals surface area contributed by atoms with E-state index in [0.717, 1.165) is 10.8 Å². The van der Waals surface area contributed by atoms with Crippen LogP contribution in [0.3, 0.4) is 0 Å². The molecule has 90 valence electrons. The third kappa shape index (κ3) is 15.3. The molecule has 6 heteroatoms. The average molecular weight is 285 g/mol. The normalized spacial score (nSPS) is 5.88. The Kier molecular flexibility index (Phi) is 35.7. The predicted molar refractivity (Wildman–Crippen MR) is 59.4 cm³/mol. The van der Waals surface area contributed by atoms with Crippen LogP contribution in [-0.2, 0) is 31.7 Å². The fourth-order valence-electron chi connectivity index (χ4n) is 0.571. The van der Waals surface area contributed by atoms with Crippen LogP contribution in [0, 0.1) is 0 Å². The van der Waals surface area contributed by atoms with E-state index in [1.807, 2.05) is 32.5 Å². The van der Waals surface area contributed by atoms with Crippen molar-refractivity contribution in [3.05, 3.63) is 29.3 Å². The van der Waals surface area contributed by atoms with Gasteiger partial charge in [-0.2, -0.15) is 0 Å². The van der Waals surface area contributed by atoms with Crippen LogP contribution in [0.5, 0.6) is 5.75 Å². The fourth-order valence-corrected chi connectivity index (χ4v) is 0.697. The molecule has 16 heavy (non-hydrogen) atoms. The van der Waals surface area contributed by atoms with Gasteiger partial charge < -0.3 is 19.1 Å². The third-order valence-corrected chi connectivity index (χ3v) is 1.30. The van der Waals surface area contributed by atoms with Crippen LogP contribution in [0.2, 0.25) is 5.02 Å². The first-order valence-corrected chi connectivity index (χ1v) is 3.87. The summed E-state index contributed by atoms with van der Waals surface area (Å²) >= 11 is 5.61. The maximum Gasteiger partial charge on any atom is 0.118 e. The van der Waals surface area contributed by atoms with Gasteiger partial charge in [0.2, 0.25) is 0 Å². The zero-order chi connectivity index (χ0) is 12.7. The van der Waals surface area contributed by atoms with E-state index in [0.29, 0.717) is 0 Å². The van der Waals surface area contributed by atoms with E-state index >= 15 is 0 Å². The largest absolute Gasteiger partial charge is 0.497 e. The van der Waals surface area contributed by atoms with Crippen molar-refractivity contribution < 1.29 is 36.5 Å². The Balaban J connectivity index is -0.0000000900. The molecule has 0 bridgehead atoms. The van der Waals surface area contributed by atoms with Crippen LogP contribution in [0.1, 0.15) is 0 Å². The monoisotopic (exact) mass is 284 g/mol. The number of methoxy groups -OCH3 is 1. The second kappa shape index (κ2) is 23.6. The van der Waals surface area contributed by atoms with Gasteiger partial charge in [-0.05, 0) is 24.3 Å². The molecule has 0 aromatic heterocycles. The van der Waals surface area contributed by atoms with Gasteiger partial charge in [0.1, 0.15) is 26.1 Å². The van der Waals surface area contributed by atoms with Crippen molar-refractivity contribution in [1.82, 2.24) is 0 Å². The Morgan fingerprint density at radius 1 is 0.938 bits per heavy atom. The van der Waals surface area contributed by atoms with Crippen molar-refractivity contribution in [2.45, 2.75) is 0 Å². The van der Waals surface area contributed by atoms with Crippen LogP contribution >= 0.6 is 11.6 Å². The second-order valence-electron chi connectivity index (χ2n) is 1.66. The molecule has 0 aliphatic heterocycles. The van der Waals surface area contributed by atoms with Crippen molar-refractivity contribution in [3.63, 3.8) is 0 Å². The predicted octanol–water partition coefficient (Wildman–Crippen LogP) is 1.79. The van der Waals surface area contributed by atoms with E-state index < -0.39 is 0 Å². The molecule has 0 radical (unpaired) electrons. The summed E-state index contributed by atoms with van der Waals surface area (Å²) in [6.45, 7) is 6.00. The summed E-state index contributed by atoms with van der Waals surface area (Å²) < 4.78 is 4.91. The summed E-state index contributed by atoms with van der Waals surface area (Å²) in [5.41, 5.74) is 0. The minimum absolute atomic E-state index is 0. The van der Waals surface area contributed by atoms with Crippen molar-refractivity contribution in [1.29, 1.82) is 0 Å². The molecule has 0 aliphatic carbocycles. The van der Waals surface area contributed by atoms with Gasteiger partial charge in [0.05, 0.1) is 7.11 Å². The molecule has 0 saturated carbocycles. The second-order valence-corrected chi connectivity index (χ2v) is 2.09. The molecule has 0 aliphatic rings. The molecule has 1 aromatic rings. The molecule has 0 saturated heterocycles. The molecule has 0 N–H and O–H groups in total. The van der Waals surface area contributed by atoms with Crippen LogP contribution in [0.4, 0.5) is 0 Å². The Bertz CT molecular complexity index is 226. The van der Waals surface area contributed by atoms with E-state index in [9.17, 15) is 0 Å². The van der Waals surface area contributed by atoms with Gasteiger partial charge in [-0.15, -0.1) is 0 Å². The molecular weight excluding hydrogens is 272 g/mol. The van der Waals surface area contributed by atoms with Crippen LogP contribution < -0.4 is 4.74 Å². The van der Waals surface area contributed by atoms with Gasteiger partial charge >= 0.3 is 0 Å². The summed E-state index contributed by atoms with van der Waals surface area (Å²) in [6.07, 6.45) is 0. The smallest absolute Gasteiger partial charge is 0.118 e. The first kappa shape index (κ1) is 24.2. The summed E-state index contributed by atoms with van der Waals surface area (Å²) in [5, 5.41) is 0.732. The number of ether oxygens (including phenoxy) is 1. The molecule has 0 fully saturated rings. The van der Waals surface area contributed by atoms with Crippen molar-refractivity contribution in [2.75, 3.05) is 7.11 Å². The Morgan fingerprint density at radius 3 is 1.50 bits per heavy atom. The zero-order valence-corrected chi connectivity index (χ0v) is 10.9.